The first kappa shape index (κ1) is 16.3. The van der Waals surface area contributed by atoms with Gasteiger partial charge in [0.1, 0.15) is 0 Å². The van der Waals surface area contributed by atoms with E-state index in [4.69, 9.17) is 0 Å². The summed E-state index contributed by atoms with van der Waals surface area (Å²) in [5, 5.41) is 6.67. The Hall–Kier alpha value is -2.14. The highest BCUT2D eigenvalue weighted by Gasteiger charge is 2.22. The number of rotatable bonds is 4. The third-order valence-corrected chi connectivity index (χ3v) is 5.63. The Morgan fingerprint density at radius 1 is 1.08 bits per heavy atom. The zero-order valence-electron chi connectivity index (χ0n) is 14.9. The van der Waals surface area contributed by atoms with Gasteiger partial charge in [-0.1, -0.05) is 18.2 Å². The predicted octanol–water partition coefficient (Wildman–Crippen LogP) is 3.19. The molecular weight excluding hydrogens is 312 g/mol. The molecular formula is C20H26N4O. The van der Waals surface area contributed by atoms with Gasteiger partial charge in [0.25, 0.3) is 5.56 Å². The van der Waals surface area contributed by atoms with Crippen molar-refractivity contribution in [3.8, 4) is 11.1 Å². The number of H-pyrrole nitrogens is 1. The average Bonchev–Trinajstić information content (AvgIpc) is 3.34. The summed E-state index contributed by atoms with van der Waals surface area (Å²) in [5.74, 6) is 0. The number of anilines is 1. The van der Waals surface area contributed by atoms with Crippen molar-refractivity contribution in [3.05, 3.63) is 46.4 Å². The van der Waals surface area contributed by atoms with Crippen LogP contribution in [0.1, 0.15) is 44.2 Å². The summed E-state index contributed by atoms with van der Waals surface area (Å²) >= 11 is 0. The Balaban J connectivity index is 1.72. The van der Waals surface area contributed by atoms with E-state index in [1.165, 1.54) is 44.3 Å². The summed E-state index contributed by atoms with van der Waals surface area (Å²) < 4.78 is 0. The maximum atomic E-state index is 12.6. The normalized spacial score (nSPS) is 19.5. The van der Waals surface area contributed by atoms with Crippen molar-refractivity contribution in [2.45, 2.75) is 38.6 Å². The number of likely N-dealkylation sites (tertiary alicyclic amines) is 1. The highest BCUT2D eigenvalue weighted by molar-refractivity contribution is 5.77. The molecule has 1 N–H and O–H groups in total. The molecule has 5 nitrogen and oxygen atoms in total. The molecule has 0 aliphatic carbocycles. The monoisotopic (exact) mass is 338 g/mol. The SMILES string of the molecule is CC(c1cccc(-c2c(N3CCCC3)cn[nH]c2=O)c1)N1CCCC1. The molecule has 2 aliphatic rings. The van der Waals surface area contributed by atoms with E-state index in [-0.39, 0.29) is 5.56 Å². The average molecular weight is 338 g/mol. The van der Waals surface area contributed by atoms with Crippen LogP contribution >= 0.6 is 0 Å². The summed E-state index contributed by atoms with van der Waals surface area (Å²) in [7, 11) is 0. The minimum absolute atomic E-state index is 0.102. The fourth-order valence-electron chi connectivity index (χ4n) is 4.16. The Morgan fingerprint density at radius 2 is 1.80 bits per heavy atom. The largest absolute Gasteiger partial charge is 0.370 e. The number of hydrogen-bond donors (Lipinski definition) is 1. The van der Waals surface area contributed by atoms with Crippen LogP contribution in [-0.2, 0) is 0 Å². The number of nitrogens with one attached hydrogen (secondary N) is 1. The Labute approximate surface area is 148 Å². The summed E-state index contributed by atoms with van der Waals surface area (Å²) in [5.41, 5.74) is 3.90. The molecule has 2 fully saturated rings. The molecule has 0 radical (unpaired) electrons. The van der Waals surface area contributed by atoms with Crippen molar-refractivity contribution < 1.29 is 0 Å². The number of aromatic nitrogens is 2. The number of aromatic amines is 1. The summed E-state index contributed by atoms with van der Waals surface area (Å²) in [4.78, 5) is 17.4. The van der Waals surface area contributed by atoms with Crippen LogP contribution in [0.2, 0.25) is 0 Å². The number of nitrogens with zero attached hydrogens (tertiary/aromatic N) is 3. The van der Waals surface area contributed by atoms with E-state index in [1.807, 2.05) is 6.07 Å². The number of benzene rings is 1. The fraction of sp³-hybridized carbons (Fsp3) is 0.500. The quantitative estimate of drug-likeness (QED) is 0.930. The summed E-state index contributed by atoms with van der Waals surface area (Å²) in [6, 6.07) is 8.87. The molecule has 1 atom stereocenters. The molecule has 1 aromatic heterocycles. The van der Waals surface area contributed by atoms with Gasteiger partial charge in [-0.2, -0.15) is 5.10 Å². The Kier molecular flexibility index (Phi) is 4.57. The third-order valence-electron chi connectivity index (χ3n) is 5.63. The molecule has 1 unspecified atom stereocenters. The lowest BCUT2D eigenvalue weighted by molar-refractivity contribution is 0.263. The molecule has 3 heterocycles. The van der Waals surface area contributed by atoms with Crippen LogP contribution in [0.3, 0.4) is 0 Å². The van der Waals surface area contributed by atoms with Gasteiger partial charge in [-0.25, -0.2) is 5.10 Å². The highest BCUT2D eigenvalue weighted by atomic mass is 16.1. The van der Waals surface area contributed by atoms with Crippen LogP contribution < -0.4 is 10.5 Å². The summed E-state index contributed by atoms with van der Waals surface area (Å²) in [6.45, 7) is 6.60. The van der Waals surface area contributed by atoms with Crippen molar-refractivity contribution in [2.75, 3.05) is 31.1 Å². The Morgan fingerprint density at radius 3 is 2.56 bits per heavy atom. The molecule has 0 bridgehead atoms. The van der Waals surface area contributed by atoms with Crippen LogP contribution in [0.4, 0.5) is 5.69 Å². The topological polar surface area (TPSA) is 52.2 Å². The van der Waals surface area contributed by atoms with Gasteiger partial charge >= 0.3 is 0 Å². The molecule has 1 aromatic carbocycles. The lowest BCUT2D eigenvalue weighted by atomic mass is 9.99. The second kappa shape index (κ2) is 7.00. The minimum atomic E-state index is -0.102. The van der Waals surface area contributed by atoms with E-state index in [1.54, 1.807) is 6.20 Å². The van der Waals surface area contributed by atoms with Crippen LogP contribution in [0.5, 0.6) is 0 Å². The molecule has 25 heavy (non-hydrogen) atoms. The zero-order valence-corrected chi connectivity index (χ0v) is 14.9. The molecule has 4 rings (SSSR count). The van der Waals surface area contributed by atoms with Gasteiger partial charge in [-0.3, -0.25) is 9.69 Å². The maximum absolute atomic E-state index is 12.6. The molecule has 2 aromatic rings. The molecule has 0 saturated carbocycles. The van der Waals surface area contributed by atoms with Crippen molar-refractivity contribution in [2.24, 2.45) is 0 Å². The van der Waals surface area contributed by atoms with Gasteiger partial charge in [0, 0.05) is 19.1 Å². The van der Waals surface area contributed by atoms with Crippen LogP contribution in [-0.4, -0.2) is 41.3 Å². The predicted molar refractivity (Wildman–Crippen MR) is 101 cm³/mol. The Bertz CT molecular complexity index is 788. The maximum Gasteiger partial charge on any atom is 0.274 e. The molecule has 132 valence electrons. The van der Waals surface area contributed by atoms with Gasteiger partial charge in [-0.05, 0) is 62.9 Å². The van der Waals surface area contributed by atoms with Gasteiger partial charge in [0.15, 0.2) is 0 Å². The first-order valence-electron chi connectivity index (χ1n) is 9.41. The van der Waals surface area contributed by atoms with E-state index in [9.17, 15) is 4.79 Å². The van der Waals surface area contributed by atoms with Crippen LogP contribution in [0.25, 0.3) is 11.1 Å². The first-order valence-corrected chi connectivity index (χ1v) is 9.41. The van der Waals surface area contributed by atoms with E-state index >= 15 is 0 Å². The summed E-state index contributed by atoms with van der Waals surface area (Å²) in [6.07, 6.45) is 6.73. The highest BCUT2D eigenvalue weighted by Crippen LogP contribution is 2.32. The van der Waals surface area contributed by atoms with E-state index in [2.05, 4.69) is 45.1 Å². The molecule has 2 aliphatic heterocycles. The van der Waals surface area contributed by atoms with Crippen LogP contribution in [0, 0.1) is 0 Å². The van der Waals surface area contributed by atoms with Crippen molar-refractivity contribution in [1.29, 1.82) is 0 Å². The van der Waals surface area contributed by atoms with Gasteiger partial charge in [-0.15, -0.1) is 0 Å². The fourth-order valence-corrected chi connectivity index (χ4v) is 4.16. The third kappa shape index (κ3) is 3.21. The smallest absolute Gasteiger partial charge is 0.274 e. The van der Waals surface area contributed by atoms with Crippen molar-refractivity contribution >= 4 is 5.69 Å². The van der Waals surface area contributed by atoms with Crippen molar-refractivity contribution in [1.82, 2.24) is 15.1 Å². The molecule has 5 heteroatoms. The van der Waals surface area contributed by atoms with E-state index in [0.717, 1.165) is 29.9 Å². The number of hydrogen-bond acceptors (Lipinski definition) is 4. The molecule has 0 amide bonds. The zero-order chi connectivity index (χ0) is 17.2. The van der Waals surface area contributed by atoms with Crippen LogP contribution in [0.15, 0.2) is 35.3 Å². The van der Waals surface area contributed by atoms with Gasteiger partial charge < -0.3 is 4.90 Å². The lowest BCUT2D eigenvalue weighted by Crippen LogP contribution is -2.24. The minimum Gasteiger partial charge on any atom is -0.370 e. The molecule has 0 spiro atoms. The second-order valence-electron chi connectivity index (χ2n) is 7.20. The standard InChI is InChI=1S/C20H26N4O/c1-15(23-9-2-3-10-23)16-7-6-8-17(13-16)19-18(14-21-22-20(19)25)24-11-4-5-12-24/h6-8,13-15H,2-5,9-12H2,1H3,(H,22,25). The van der Waals surface area contributed by atoms with Crippen molar-refractivity contribution in [3.63, 3.8) is 0 Å². The second-order valence-corrected chi connectivity index (χ2v) is 7.20. The first-order chi connectivity index (χ1) is 12.2. The molecule has 2 saturated heterocycles. The lowest BCUT2D eigenvalue weighted by Gasteiger charge is -2.25. The van der Waals surface area contributed by atoms with Gasteiger partial charge in [0.05, 0.1) is 17.4 Å². The van der Waals surface area contributed by atoms with Gasteiger partial charge in [0.2, 0.25) is 0 Å². The van der Waals surface area contributed by atoms with E-state index in [0.29, 0.717) is 6.04 Å². The van der Waals surface area contributed by atoms with E-state index < -0.39 is 0 Å².